The van der Waals surface area contributed by atoms with Crippen molar-refractivity contribution in [3.05, 3.63) is 46.7 Å². The fourth-order valence-electron chi connectivity index (χ4n) is 1.76. The maximum absolute atomic E-state index is 12.0. The summed E-state index contributed by atoms with van der Waals surface area (Å²) in [5, 5.41) is 3.15. The molecule has 0 saturated heterocycles. The number of carbonyl (C=O) groups excluding carboxylic acids is 2. The number of amides is 1. The minimum Gasteiger partial charge on any atom is -0.453 e. The van der Waals surface area contributed by atoms with Crippen LogP contribution >= 0.6 is 11.6 Å². The van der Waals surface area contributed by atoms with Gasteiger partial charge in [0.25, 0.3) is 5.91 Å². The minimum absolute atomic E-state index is 0.221. The van der Waals surface area contributed by atoms with Gasteiger partial charge in [-0.25, -0.2) is 0 Å². The molecule has 104 valence electrons. The Bertz CT molecular complexity index is 634. The van der Waals surface area contributed by atoms with Crippen molar-refractivity contribution in [1.29, 1.82) is 0 Å². The fourth-order valence-corrected chi connectivity index (χ4v) is 1.96. The van der Waals surface area contributed by atoms with Crippen LogP contribution in [0, 0.1) is 0 Å². The van der Waals surface area contributed by atoms with Crippen molar-refractivity contribution in [1.82, 2.24) is 5.32 Å². The summed E-state index contributed by atoms with van der Waals surface area (Å²) in [5.41, 5.74) is 1.09. The van der Waals surface area contributed by atoms with E-state index in [1.165, 1.54) is 0 Å². The number of rotatable bonds is 5. The molecule has 0 fully saturated rings. The summed E-state index contributed by atoms with van der Waals surface area (Å²) in [6.45, 7) is 2.57. The Hall–Kier alpha value is -2.07. The third kappa shape index (κ3) is 3.08. The lowest BCUT2D eigenvalue weighted by Crippen LogP contribution is -2.24. The van der Waals surface area contributed by atoms with Crippen LogP contribution in [0.2, 0.25) is 5.02 Å². The lowest BCUT2D eigenvalue weighted by atomic mass is 10.1. The molecule has 1 aromatic heterocycles. The molecule has 1 aromatic carbocycles. The second-order valence-corrected chi connectivity index (χ2v) is 4.68. The van der Waals surface area contributed by atoms with Crippen LogP contribution in [0.5, 0.6) is 0 Å². The van der Waals surface area contributed by atoms with Gasteiger partial charge in [-0.3, -0.25) is 9.59 Å². The van der Waals surface area contributed by atoms with Crippen molar-refractivity contribution in [2.75, 3.05) is 6.54 Å². The molecule has 0 spiro atoms. The third-order valence-electron chi connectivity index (χ3n) is 2.77. The van der Waals surface area contributed by atoms with E-state index in [4.69, 9.17) is 16.0 Å². The first-order valence-electron chi connectivity index (χ1n) is 6.29. The molecule has 0 aliphatic carbocycles. The number of halogens is 1. The molecule has 20 heavy (non-hydrogen) atoms. The number of hydrogen-bond donors (Lipinski definition) is 1. The van der Waals surface area contributed by atoms with Crippen molar-refractivity contribution >= 4 is 23.8 Å². The van der Waals surface area contributed by atoms with Crippen molar-refractivity contribution in [3.8, 4) is 11.3 Å². The maximum atomic E-state index is 12.0. The number of carbonyl (C=O) groups is 2. The van der Waals surface area contributed by atoms with E-state index < -0.39 is 0 Å². The van der Waals surface area contributed by atoms with Crippen LogP contribution < -0.4 is 5.32 Å². The van der Waals surface area contributed by atoms with Gasteiger partial charge in [0.1, 0.15) is 5.76 Å². The van der Waals surface area contributed by atoms with Crippen molar-refractivity contribution in [3.63, 3.8) is 0 Å². The van der Waals surface area contributed by atoms with Crippen LogP contribution in [-0.4, -0.2) is 18.7 Å². The van der Waals surface area contributed by atoms with Crippen molar-refractivity contribution < 1.29 is 14.0 Å². The number of furan rings is 1. The van der Waals surface area contributed by atoms with E-state index in [0.29, 0.717) is 34.7 Å². The molecule has 2 rings (SSSR count). The minimum atomic E-state index is -0.221. The van der Waals surface area contributed by atoms with Gasteiger partial charge in [-0.2, -0.15) is 0 Å². The maximum Gasteiger partial charge on any atom is 0.252 e. The van der Waals surface area contributed by atoms with Crippen LogP contribution in [0.15, 0.2) is 34.7 Å². The largest absolute Gasteiger partial charge is 0.453 e. The average molecular weight is 292 g/mol. The van der Waals surface area contributed by atoms with E-state index in [-0.39, 0.29) is 11.7 Å². The van der Waals surface area contributed by atoms with Gasteiger partial charge >= 0.3 is 0 Å². The molecule has 1 heterocycles. The zero-order valence-electron chi connectivity index (χ0n) is 11.0. The molecule has 0 atom stereocenters. The topological polar surface area (TPSA) is 59.3 Å². The second-order valence-electron chi connectivity index (χ2n) is 4.27. The van der Waals surface area contributed by atoms with Crippen LogP contribution in [0.1, 0.15) is 34.3 Å². The molecular weight excluding hydrogens is 278 g/mol. The lowest BCUT2D eigenvalue weighted by Gasteiger charge is -2.07. The highest BCUT2D eigenvalue weighted by atomic mass is 35.5. The zero-order chi connectivity index (χ0) is 14.5. The fraction of sp³-hybridized carbons (Fsp3) is 0.200. The summed E-state index contributed by atoms with van der Waals surface area (Å²) in [6, 6.07) is 8.29. The smallest absolute Gasteiger partial charge is 0.252 e. The van der Waals surface area contributed by atoms with Gasteiger partial charge in [-0.15, -0.1) is 0 Å². The Morgan fingerprint density at radius 2 is 2.15 bits per heavy atom. The molecule has 0 radical (unpaired) electrons. The molecule has 0 aliphatic rings. The standard InChI is InChI=1S/C15H14ClNO3/c1-2-7-17-15(19)12-8-10(3-5-13(12)16)14-6-4-11(9-18)20-14/h3-6,8-9H,2,7H2,1H3,(H,17,19). The van der Waals surface area contributed by atoms with E-state index in [2.05, 4.69) is 5.32 Å². The van der Waals surface area contributed by atoms with Crippen LogP contribution in [0.4, 0.5) is 0 Å². The van der Waals surface area contributed by atoms with Gasteiger partial charge in [0.05, 0.1) is 10.6 Å². The van der Waals surface area contributed by atoms with Gasteiger partial charge in [0.2, 0.25) is 0 Å². The molecule has 4 nitrogen and oxygen atoms in total. The Labute approximate surface area is 121 Å². The van der Waals surface area contributed by atoms with Gasteiger partial charge in [0.15, 0.2) is 12.0 Å². The lowest BCUT2D eigenvalue weighted by molar-refractivity contribution is 0.0953. The van der Waals surface area contributed by atoms with E-state index in [1.54, 1.807) is 30.3 Å². The molecular formula is C15H14ClNO3. The SMILES string of the molecule is CCCNC(=O)c1cc(-c2ccc(C=O)o2)ccc1Cl. The van der Waals surface area contributed by atoms with Gasteiger partial charge < -0.3 is 9.73 Å². The predicted octanol–water partition coefficient (Wildman–Crippen LogP) is 3.55. The Balaban J connectivity index is 2.32. The quantitative estimate of drug-likeness (QED) is 0.857. The first kappa shape index (κ1) is 14.3. The van der Waals surface area contributed by atoms with Crippen LogP contribution in [0.3, 0.4) is 0 Å². The first-order valence-corrected chi connectivity index (χ1v) is 6.66. The summed E-state index contributed by atoms with van der Waals surface area (Å²) in [7, 11) is 0. The summed E-state index contributed by atoms with van der Waals surface area (Å²) in [5.74, 6) is 0.543. The highest BCUT2D eigenvalue weighted by molar-refractivity contribution is 6.34. The third-order valence-corrected chi connectivity index (χ3v) is 3.10. The number of nitrogens with one attached hydrogen (secondary N) is 1. The average Bonchev–Trinajstić information content (AvgIpc) is 2.94. The number of benzene rings is 1. The highest BCUT2D eigenvalue weighted by Crippen LogP contribution is 2.26. The molecule has 0 aliphatic heterocycles. The molecule has 1 N–H and O–H groups in total. The van der Waals surface area contributed by atoms with E-state index in [0.717, 1.165) is 6.42 Å². The Morgan fingerprint density at radius 1 is 1.35 bits per heavy atom. The van der Waals surface area contributed by atoms with E-state index in [9.17, 15) is 9.59 Å². The zero-order valence-corrected chi connectivity index (χ0v) is 11.7. The van der Waals surface area contributed by atoms with E-state index in [1.807, 2.05) is 6.92 Å². The molecule has 0 saturated carbocycles. The monoisotopic (exact) mass is 291 g/mol. The summed E-state index contributed by atoms with van der Waals surface area (Å²) in [6.07, 6.45) is 1.48. The summed E-state index contributed by atoms with van der Waals surface area (Å²) in [4.78, 5) is 22.6. The van der Waals surface area contributed by atoms with Crippen molar-refractivity contribution in [2.45, 2.75) is 13.3 Å². The molecule has 1 amide bonds. The molecule has 5 heteroatoms. The predicted molar refractivity (Wildman–Crippen MR) is 77.2 cm³/mol. The highest BCUT2D eigenvalue weighted by Gasteiger charge is 2.13. The molecule has 0 unspecified atom stereocenters. The summed E-state index contributed by atoms with van der Waals surface area (Å²) >= 11 is 6.04. The first-order chi connectivity index (χ1) is 9.65. The second kappa shape index (κ2) is 6.39. The van der Waals surface area contributed by atoms with Gasteiger partial charge in [0, 0.05) is 12.1 Å². The van der Waals surface area contributed by atoms with Crippen LogP contribution in [-0.2, 0) is 0 Å². The Kier molecular flexibility index (Phi) is 4.58. The number of hydrogen-bond acceptors (Lipinski definition) is 3. The van der Waals surface area contributed by atoms with E-state index >= 15 is 0 Å². The van der Waals surface area contributed by atoms with Gasteiger partial charge in [-0.05, 0) is 36.8 Å². The molecule has 2 aromatic rings. The number of aldehydes is 1. The Morgan fingerprint density at radius 3 is 2.80 bits per heavy atom. The van der Waals surface area contributed by atoms with Crippen molar-refractivity contribution in [2.24, 2.45) is 0 Å². The summed E-state index contributed by atoms with van der Waals surface area (Å²) < 4.78 is 5.33. The normalized spacial score (nSPS) is 10.3. The van der Waals surface area contributed by atoms with Gasteiger partial charge in [-0.1, -0.05) is 18.5 Å². The van der Waals surface area contributed by atoms with Crippen LogP contribution in [0.25, 0.3) is 11.3 Å². The molecule has 0 bridgehead atoms.